The molecular weight excluding hydrogens is 164 g/mol. The summed E-state index contributed by atoms with van der Waals surface area (Å²) in [6.07, 6.45) is 10.9. The van der Waals surface area contributed by atoms with Crippen molar-refractivity contribution < 1.29 is 9.84 Å². The lowest BCUT2D eigenvalue weighted by molar-refractivity contribution is -0.00354. The summed E-state index contributed by atoms with van der Waals surface area (Å²) in [5.41, 5.74) is 0. The Bertz CT molecular complexity index is 163. The second-order valence-corrected chi connectivity index (χ2v) is 3.61. The van der Waals surface area contributed by atoms with Gasteiger partial charge in [-0.1, -0.05) is 0 Å². The largest absolute Gasteiger partial charge is 0.393 e. The lowest BCUT2D eigenvalue weighted by Crippen LogP contribution is -2.24. The van der Waals surface area contributed by atoms with Crippen molar-refractivity contribution in [1.29, 1.82) is 0 Å². The topological polar surface area (TPSA) is 29.5 Å². The van der Waals surface area contributed by atoms with E-state index in [1.54, 1.807) is 0 Å². The monoisotopic (exact) mass is 182 g/mol. The molecule has 0 radical (unpaired) electrons. The van der Waals surface area contributed by atoms with Gasteiger partial charge in [-0.2, -0.15) is 0 Å². The zero-order chi connectivity index (χ0) is 9.52. The number of aliphatic hydroxyl groups is 1. The van der Waals surface area contributed by atoms with Crippen molar-refractivity contribution in [2.24, 2.45) is 0 Å². The molecule has 1 saturated carbocycles. The predicted octanol–water partition coefficient (Wildman–Crippen LogP) is 1.72. The normalized spacial score (nSPS) is 28.3. The molecule has 0 spiro atoms. The number of aliphatic hydroxyl groups excluding tert-OH is 1. The van der Waals surface area contributed by atoms with E-state index in [9.17, 15) is 5.11 Å². The van der Waals surface area contributed by atoms with Gasteiger partial charge in [-0.25, -0.2) is 0 Å². The van der Waals surface area contributed by atoms with Crippen LogP contribution in [0.4, 0.5) is 0 Å². The number of unbranched alkanes of at least 4 members (excludes halogenated alkanes) is 1. The molecule has 2 nitrogen and oxygen atoms in total. The minimum atomic E-state index is -0.0921. The fourth-order valence-electron chi connectivity index (χ4n) is 1.64. The fraction of sp³-hybridized carbons (Fsp3) is 0.818. The number of hydrogen-bond donors (Lipinski definition) is 1. The third kappa shape index (κ3) is 4.31. The minimum Gasteiger partial charge on any atom is -0.393 e. The van der Waals surface area contributed by atoms with E-state index in [1.807, 2.05) is 0 Å². The predicted molar refractivity (Wildman–Crippen MR) is 52.3 cm³/mol. The van der Waals surface area contributed by atoms with Gasteiger partial charge in [0.1, 0.15) is 0 Å². The van der Waals surface area contributed by atoms with Crippen LogP contribution in [0.3, 0.4) is 0 Å². The molecular formula is C11H18O2. The molecule has 1 N–H and O–H groups in total. The fourth-order valence-corrected chi connectivity index (χ4v) is 1.64. The summed E-state index contributed by atoms with van der Waals surface area (Å²) in [7, 11) is 0. The molecule has 0 aromatic heterocycles. The zero-order valence-electron chi connectivity index (χ0n) is 8.04. The number of terminal acetylenes is 1. The van der Waals surface area contributed by atoms with E-state index in [1.165, 1.54) is 0 Å². The molecule has 0 atom stereocenters. The first-order valence-corrected chi connectivity index (χ1v) is 5.06. The van der Waals surface area contributed by atoms with Crippen LogP contribution in [0.25, 0.3) is 0 Å². The molecule has 0 bridgehead atoms. The summed E-state index contributed by atoms with van der Waals surface area (Å²) < 4.78 is 5.63. The zero-order valence-corrected chi connectivity index (χ0v) is 8.04. The van der Waals surface area contributed by atoms with Crippen molar-refractivity contribution in [2.75, 3.05) is 6.61 Å². The first kappa shape index (κ1) is 10.6. The van der Waals surface area contributed by atoms with Crippen molar-refractivity contribution in [3.63, 3.8) is 0 Å². The minimum absolute atomic E-state index is 0.0921. The first-order chi connectivity index (χ1) is 6.33. The molecule has 74 valence electrons. The molecule has 2 heteroatoms. The molecule has 0 aliphatic heterocycles. The summed E-state index contributed by atoms with van der Waals surface area (Å²) in [6.45, 7) is 0.769. The van der Waals surface area contributed by atoms with Crippen LogP contribution in [-0.2, 0) is 4.74 Å². The van der Waals surface area contributed by atoms with Crippen LogP contribution in [0.15, 0.2) is 0 Å². The van der Waals surface area contributed by atoms with Gasteiger partial charge in [0.25, 0.3) is 0 Å². The summed E-state index contributed by atoms with van der Waals surface area (Å²) in [4.78, 5) is 0. The van der Waals surface area contributed by atoms with Gasteiger partial charge in [-0.3, -0.25) is 0 Å². The van der Waals surface area contributed by atoms with E-state index in [2.05, 4.69) is 5.92 Å². The summed E-state index contributed by atoms with van der Waals surface area (Å²) >= 11 is 0. The van der Waals surface area contributed by atoms with E-state index in [0.717, 1.165) is 45.1 Å². The highest BCUT2D eigenvalue weighted by Crippen LogP contribution is 2.20. The second kappa shape index (κ2) is 6.01. The number of ether oxygens (including phenoxy) is 1. The number of rotatable bonds is 4. The van der Waals surface area contributed by atoms with Gasteiger partial charge in [0, 0.05) is 13.0 Å². The molecule has 0 unspecified atom stereocenters. The van der Waals surface area contributed by atoms with Crippen molar-refractivity contribution in [3.8, 4) is 12.3 Å². The number of hydrogen-bond acceptors (Lipinski definition) is 2. The lowest BCUT2D eigenvalue weighted by Gasteiger charge is -2.25. The Morgan fingerprint density at radius 2 is 2.00 bits per heavy atom. The molecule has 0 aromatic rings. The standard InChI is InChI=1S/C11H18O2/c1-2-3-4-9-13-11-7-5-10(12)6-8-11/h1,10-12H,3-9H2. The van der Waals surface area contributed by atoms with Gasteiger partial charge in [-0.15, -0.1) is 12.3 Å². The maximum atomic E-state index is 9.25. The molecule has 0 saturated heterocycles. The van der Waals surface area contributed by atoms with Gasteiger partial charge < -0.3 is 9.84 Å². The van der Waals surface area contributed by atoms with Gasteiger partial charge in [-0.05, 0) is 32.1 Å². The third-order valence-corrected chi connectivity index (χ3v) is 2.46. The average molecular weight is 182 g/mol. The van der Waals surface area contributed by atoms with Crippen molar-refractivity contribution >= 4 is 0 Å². The van der Waals surface area contributed by atoms with Gasteiger partial charge >= 0.3 is 0 Å². The quantitative estimate of drug-likeness (QED) is 0.530. The molecule has 0 amide bonds. The lowest BCUT2D eigenvalue weighted by atomic mass is 9.95. The molecule has 13 heavy (non-hydrogen) atoms. The highest BCUT2D eigenvalue weighted by atomic mass is 16.5. The Morgan fingerprint density at radius 1 is 1.31 bits per heavy atom. The van der Waals surface area contributed by atoms with Crippen LogP contribution in [0.5, 0.6) is 0 Å². The molecule has 1 fully saturated rings. The Balaban J connectivity index is 2.00. The molecule has 1 aliphatic carbocycles. The van der Waals surface area contributed by atoms with E-state index in [0.29, 0.717) is 6.10 Å². The maximum absolute atomic E-state index is 9.25. The van der Waals surface area contributed by atoms with Crippen LogP contribution in [0, 0.1) is 12.3 Å². The van der Waals surface area contributed by atoms with Crippen molar-refractivity contribution in [3.05, 3.63) is 0 Å². The average Bonchev–Trinajstić information content (AvgIpc) is 2.15. The molecule has 0 aromatic carbocycles. The Kier molecular flexibility index (Phi) is 4.88. The van der Waals surface area contributed by atoms with Crippen LogP contribution < -0.4 is 0 Å². The maximum Gasteiger partial charge on any atom is 0.0577 e. The van der Waals surface area contributed by atoms with Crippen LogP contribution in [-0.4, -0.2) is 23.9 Å². The van der Waals surface area contributed by atoms with Crippen LogP contribution in [0.2, 0.25) is 0 Å². The van der Waals surface area contributed by atoms with Crippen molar-refractivity contribution in [2.45, 2.75) is 50.7 Å². The van der Waals surface area contributed by atoms with Crippen molar-refractivity contribution in [1.82, 2.24) is 0 Å². The van der Waals surface area contributed by atoms with Crippen LogP contribution in [0.1, 0.15) is 38.5 Å². The van der Waals surface area contributed by atoms with Crippen LogP contribution >= 0.6 is 0 Å². The van der Waals surface area contributed by atoms with E-state index in [-0.39, 0.29) is 6.10 Å². The third-order valence-electron chi connectivity index (χ3n) is 2.46. The molecule has 1 aliphatic rings. The second-order valence-electron chi connectivity index (χ2n) is 3.61. The molecule has 1 rings (SSSR count). The Morgan fingerprint density at radius 3 is 2.62 bits per heavy atom. The molecule has 0 heterocycles. The van der Waals surface area contributed by atoms with E-state index < -0.39 is 0 Å². The summed E-state index contributed by atoms with van der Waals surface area (Å²) in [5.74, 6) is 2.59. The van der Waals surface area contributed by atoms with Gasteiger partial charge in [0.15, 0.2) is 0 Å². The Hall–Kier alpha value is -0.520. The first-order valence-electron chi connectivity index (χ1n) is 5.06. The summed E-state index contributed by atoms with van der Waals surface area (Å²) in [6, 6.07) is 0. The smallest absolute Gasteiger partial charge is 0.0577 e. The van der Waals surface area contributed by atoms with E-state index in [4.69, 9.17) is 11.2 Å². The highest BCUT2D eigenvalue weighted by molar-refractivity contribution is 4.82. The highest BCUT2D eigenvalue weighted by Gasteiger charge is 2.19. The van der Waals surface area contributed by atoms with E-state index >= 15 is 0 Å². The summed E-state index contributed by atoms with van der Waals surface area (Å²) in [5, 5.41) is 9.25. The Labute approximate surface area is 80.3 Å². The van der Waals surface area contributed by atoms with Gasteiger partial charge in [0.2, 0.25) is 0 Å². The van der Waals surface area contributed by atoms with Gasteiger partial charge in [0.05, 0.1) is 12.2 Å². The SMILES string of the molecule is C#CCCCOC1CCC(O)CC1.